The molecule has 0 amide bonds. The summed E-state index contributed by atoms with van der Waals surface area (Å²) < 4.78 is 5.30. The van der Waals surface area contributed by atoms with Gasteiger partial charge in [-0.25, -0.2) is 0 Å². The average molecular weight is 300 g/mol. The zero-order valence-electron chi connectivity index (χ0n) is 13.7. The highest BCUT2D eigenvalue weighted by molar-refractivity contribution is 5.79. The molecule has 0 saturated heterocycles. The van der Waals surface area contributed by atoms with Crippen molar-refractivity contribution < 1.29 is 4.42 Å². The van der Waals surface area contributed by atoms with Crippen molar-refractivity contribution >= 4 is 11.6 Å². The van der Waals surface area contributed by atoms with E-state index in [4.69, 9.17) is 4.42 Å². The van der Waals surface area contributed by atoms with E-state index >= 15 is 0 Å². The predicted octanol–water partition coefficient (Wildman–Crippen LogP) is 2.52. The molecule has 1 heterocycles. The molecule has 0 aliphatic rings. The molecule has 1 aromatic carbocycles. The minimum atomic E-state index is 0.616. The molecule has 22 heavy (non-hydrogen) atoms. The summed E-state index contributed by atoms with van der Waals surface area (Å²) in [6.07, 6.45) is 1.67. The van der Waals surface area contributed by atoms with Gasteiger partial charge in [0.25, 0.3) is 0 Å². The highest BCUT2D eigenvalue weighted by atomic mass is 16.3. The molecule has 1 aromatic heterocycles. The Bertz CT molecular complexity index is 618. The third-order valence-electron chi connectivity index (χ3n) is 3.52. The second-order valence-corrected chi connectivity index (χ2v) is 5.36. The molecule has 118 valence electrons. The summed E-state index contributed by atoms with van der Waals surface area (Å²) in [5, 5.41) is 6.55. The third kappa shape index (κ3) is 4.28. The van der Waals surface area contributed by atoms with Crippen molar-refractivity contribution in [1.29, 1.82) is 0 Å². The summed E-state index contributed by atoms with van der Waals surface area (Å²) in [4.78, 5) is 6.33. The van der Waals surface area contributed by atoms with Gasteiger partial charge < -0.3 is 20.0 Å². The Morgan fingerprint density at radius 2 is 1.95 bits per heavy atom. The highest BCUT2D eigenvalue weighted by Gasteiger charge is 2.04. The van der Waals surface area contributed by atoms with E-state index in [1.807, 2.05) is 26.2 Å². The fraction of sp³-hybridized carbons (Fsp3) is 0.353. The van der Waals surface area contributed by atoms with Crippen LogP contribution >= 0.6 is 0 Å². The standard InChI is InChI=1S/C17H24N4O/c1-13-10-15(21(3)4)8-7-14(13)11-19-17(18-2)20-12-16-6-5-9-22-16/h5-10H,11-12H2,1-4H3,(H2,18,19,20). The number of nitrogens with zero attached hydrogens (tertiary/aromatic N) is 2. The van der Waals surface area contributed by atoms with Crippen LogP contribution in [0.2, 0.25) is 0 Å². The zero-order chi connectivity index (χ0) is 15.9. The smallest absolute Gasteiger partial charge is 0.191 e. The van der Waals surface area contributed by atoms with E-state index in [9.17, 15) is 0 Å². The van der Waals surface area contributed by atoms with Crippen molar-refractivity contribution in [3.63, 3.8) is 0 Å². The lowest BCUT2D eigenvalue weighted by Crippen LogP contribution is -2.36. The quantitative estimate of drug-likeness (QED) is 0.658. The van der Waals surface area contributed by atoms with Gasteiger partial charge >= 0.3 is 0 Å². The summed E-state index contributed by atoms with van der Waals surface area (Å²) in [6.45, 7) is 3.48. The van der Waals surface area contributed by atoms with Gasteiger partial charge in [-0.2, -0.15) is 0 Å². The van der Waals surface area contributed by atoms with Gasteiger partial charge in [0.05, 0.1) is 12.8 Å². The lowest BCUT2D eigenvalue weighted by atomic mass is 10.1. The summed E-state index contributed by atoms with van der Waals surface area (Å²) in [7, 11) is 5.86. The second-order valence-electron chi connectivity index (χ2n) is 5.36. The number of anilines is 1. The summed E-state index contributed by atoms with van der Waals surface area (Å²) >= 11 is 0. The van der Waals surface area contributed by atoms with E-state index in [0.717, 1.165) is 18.3 Å². The second kappa shape index (κ2) is 7.54. The van der Waals surface area contributed by atoms with Crippen LogP contribution in [0.15, 0.2) is 46.0 Å². The molecule has 0 aliphatic carbocycles. The third-order valence-corrected chi connectivity index (χ3v) is 3.52. The molecule has 0 fully saturated rings. The minimum Gasteiger partial charge on any atom is -0.467 e. The van der Waals surface area contributed by atoms with Crippen molar-refractivity contribution in [1.82, 2.24) is 10.6 Å². The number of aryl methyl sites for hydroxylation is 1. The normalized spacial score (nSPS) is 11.4. The van der Waals surface area contributed by atoms with Crippen molar-refractivity contribution in [2.45, 2.75) is 20.0 Å². The lowest BCUT2D eigenvalue weighted by Gasteiger charge is -2.16. The molecule has 5 heteroatoms. The Morgan fingerprint density at radius 1 is 1.18 bits per heavy atom. The number of aliphatic imine (C=N–C) groups is 1. The summed E-state index contributed by atoms with van der Waals surface area (Å²) in [5.41, 5.74) is 3.73. The van der Waals surface area contributed by atoms with Gasteiger partial charge in [0.1, 0.15) is 5.76 Å². The molecule has 0 atom stereocenters. The number of nitrogens with one attached hydrogen (secondary N) is 2. The van der Waals surface area contributed by atoms with E-state index < -0.39 is 0 Å². The molecule has 0 saturated carbocycles. The van der Waals surface area contributed by atoms with Crippen LogP contribution in [-0.4, -0.2) is 27.1 Å². The Labute approximate surface area is 132 Å². The number of rotatable bonds is 5. The maximum absolute atomic E-state index is 5.30. The predicted molar refractivity (Wildman–Crippen MR) is 91.3 cm³/mol. The number of guanidine groups is 1. The summed E-state index contributed by atoms with van der Waals surface area (Å²) in [5.74, 6) is 1.64. The molecule has 2 aromatic rings. The van der Waals surface area contributed by atoms with Crippen LogP contribution in [0.4, 0.5) is 5.69 Å². The first-order valence-electron chi connectivity index (χ1n) is 7.34. The molecule has 0 bridgehead atoms. The Morgan fingerprint density at radius 3 is 2.55 bits per heavy atom. The van der Waals surface area contributed by atoms with Gasteiger partial charge in [0.2, 0.25) is 0 Å². The van der Waals surface area contributed by atoms with Gasteiger partial charge in [0, 0.05) is 33.4 Å². The molecule has 2 rings (SSSR count). The van der Waals surface area contributed by atoms with Crippen molar-refractivity contribution in [3.8, 4) is 0 Å². The molecule has 0 aliphatic heterocycles. The van der Waals surface area contributed by atoms with Crippen LogP contribution in [-0.2, 0) is 13.1 Å². The van der Waals surface area contributed by atoms with E-state index in [2.05, 4.69) is 45.6 Å². The minimum absolute atomic E-state index is 0.616. The monoisotopic (exact) mass is 300 g/mol. The zero-order valence-corrected chi connectivity index (χ0v) is 13.7. The van der Waals surface area contributed by atoms with E-state index in [0.29, 0.717) is 6.54 Å². The molecule has 0 spiro atoms. The fourth-order valence-corrected chi connectivity index (χ4v) is 2.14. The van der Waals surface area contributed by atoms with Crippen LogP contribution in [0.25, 0.3) is 0 Å². The highest BCUT2D eigenvalue weighted by Crippen LogP contribution is 2.17. The van der Waals surface area contributed by atoms with Crippen LogP contribution in [0, 0.1) is 6.92 Å². The first-order chi connectivity index (χ1) is 10.6. The number of hydrogen-bond donors (Lipinski definition) is 2. The molecular formula is C17H24N4O. The fourth-order valence-electron chi connectivity index (χ4n) is 2.14. The van der Waals surface area contributed by atoms with Crippen LogP contribution < -0.4 is 15.5 Å². The van der Waals surface area contributed by atoms with Gasteiger partial charge in [-0.15, -0.1) is 0 Å². The number of furan rings is 1. The van der Waals surface area contributed by atoms with E-state index in [1.54, 1.807) is 13.3 Å². The van der Waals surface area contributed by atoms with Gasteiger partial charge in [-0.1, -0.05) is 6.07 Å². The Hall–Kier alpha value is -2.43. The van der Waals surface area contributed by atoms with E-state index in [1.165, 1.54) is 16.8 Å². The average Bonchev–Trinajstić information content (AvgIpc) is 3.01. The SMILES string of the molecule is CN=C(NCc1ccco1)NCc1ccc(N(C)C)cc1C. The van der Waals surface area contributed by atoms with Gasteiger partial charge in [-0.3, -0.25) is 4.99 Å². The Balaban J connectivity index is 1.90. The maximum atomic E-state index is 5.30. The van der Waals surface area contributed by atoms with Crippen molar-refractivity contribution in [2.75, 3.05) is 26.0 Å². The molecule has 5 nitrogen and oxygen atoms in total. The maximum Gasteiger partial charge on any atom is 0.191 e. The molecular weight excluding hydrogens is 276 g/mol. The van der Waals surface area contributed by atoms with Crippen molar-refractivity contribution in [2.24, 2.45) is 4.99 Å². The molecule has 0 radical (unpaired) electrons. The summed E-state index contributed by atoms with van der Waals surface area (Å²) in [6, 6.07) is 10.3. The largest absolute Gasteiger partial charge is 0.467 e. The molecule has 2 N–H and O–H groups in total. The van der Waals surface area contributed by atoms with Crippen LogP contribution in [0.3, 0.4) is 0 Å². The molecule has 0 unspecified atom stereocenters. The topological polar surface area (TPSA) is 52.8 Å². The van der Waals surface area contributed by atoms with E-state index in [-0.39, 0.29) is 0 Å². The van der Waals surface area contributed by atoms with Crippen LogP contribution in [0.1, 0.15) is 16.9 Å². The first-order valence-corrected chi connectivity index (χ1v) is 7.34. The van der Waals surface area contributed by atoms with Crippen molar-refractivity contribution in [3.05, 3.63) is 53.5 Å². The Kier molecular flexibility index (Phi) is 5.47. The number of benzene rings is 1. The first kappa shape index (κ1) is 15.9. The van der Waals surface area contributed by atoms with Crippen LogP contribution in [0.5, 0.6) is 0 Å². The lowest BCUT2D eigenvalue weighted by molar-refractivity contribution is 0.501. The van der Waals surface area contributed by atoms with Gasteiger partial charge in [-0.05, 0) is 42.3 Å². The number of hydrogen-bond acceptors (Lipinski definition) is 3. The van der Waals surface area contributed by atoms with Gasteiger partial charge in [0.15, 0.2) is 5.96 Å².